The van der Waals surface area contributed by atoms with E-state index >= 15 is 0 Å². The summed E-state index contributed by atoms with van der Waals surface area (Å²) in [4.78, 5) is 13.2. The van der Waals surface area contributed by atoms with E-state index in [1.54, 1.807) is 24.5 Å². The lowest BCUT2D eigenvalue weighted by Crippen LogP contribution is -2.20. The first kappa shape index (κ1) is 18.4. The SMILES string of the molecule is Cc1ccc(C)c(NC(=O)C(=Cc2ccco2)n2nnnc2-c2ccccc2)c1. The van der Waals surface area contributed by atoms with Crippen LogP contribution in [0.2, 0.25) is 0 Å². The normalized spacial score (nSPS) is 11.4. The monoisotopic (exact) mass is 385 g/mol. The maximum atomic E-state index is 13.2. The number of hydrogen-bond acceptors (Lipinski definition) is 5. The van der Waals surface area contributed by atoms with Gasteiger partial charge in [0.15, 0.2) is 5.82 Å². The van der Waals surface area contributed by atoms with Crippen LogP contribution in [-0.4, -0.2) is 26.1 Å². The van der Waals surface area contributed by atoms with Gasteiger partial charge in [-0.25, -0.2) is 0 Å². The minimum Gasteiger partial charge on any atom is -0.465 e. The third kappa shape index (κ3) is 3.98. The Morgan fingerprint density at radius 1 is 1.07 bits per heavy atom. The number of benzene rings is 2. The lowest BCUT2D eigenvalue weighted by atomic mass is 10.1. The van der Waals surface area contributed by atoms with Gasteiger partial charge >= 0.3 is 0 Å². The van der Waals surface area contributed by atoms with Crippen molar-refractivity contribution in [2.24, 2.45) is 0 Å². The van der Waals surface area contributed by atoms with Crippen LogP contribution >= 0.6 is 0 Å². The topological polar surface area (TPSA) is 85.8 Å². The van der Waals surface area contributed by atoms with E-state index in [4.69, 9.17) is 4.42 Å². The second-order valence-corrected chi connectivity index (χ2v) is 6.60. The molecule has 0 radical (unpaired) electrons. The zero-order valence-electron chi connectivity index (χ0n) is 16.0. The molecule has 0 spiro atoms. The molecule has 7 heteroatoms. The van der Waals surface area contributed by atoms with Crippen LogP contribution in [0.15, 0.2) is 71.3 Å². The van der Waals surface area contributed by atoms with Gasteiger partial charge in [0.25, 0.3) is 5.91 Å². The highest BCUT2D eigenvalue weighted by Crippen LogP contribution is 2.23. The molecule has 29 heavy (non-hydrogen) atoms. The van der Waals surface area contributed by atoms with E-state index in [1.807, 2.05) is 62.4 Å². The van der Waals surface area contributed by atoms with E-state index in [9.17, 15) is 4.79 Å². The van der Waals surface area contributed by atoms with Crippen molar-refractivity contribution in [1.29, 1.82) is 0 Å². The number of amides is 1. The summed E-state index contributed by atoms with van der Waals surface area (Å²) in [5.74, 6) is 0.629. The molecule has 0 saturated carbocycles. The summed E-state index contributed by atoms with van der Waals surface area (Å²) in [5, 5.41) is 14.9. The first-order chi connectivity index (χ1) is 14.1. The number of aromatic nitrogens is 4. The molecule has 2 heterocycles. The summed E-state index contributed by atoms with van der Waals surface area (Å²) in [6, 6.07) is 18.9. The zero-order chi connectivity index (χ0) is 20.2. The van der Waals surface area contributed by atoms with Gasteiger partial charge in [-0.2, -0.15) is 4.68 Å². The Kier molecular flexibility index (Phi) is 5.03. The average Bonchev–Trinajstić information content (AvgIpc) is 3.41. The van der Waals surface area contributed by atoms with Gasteiger partial charge < -0.3 is 9.73 Å². The lowest BCUT2D eigenvalue weighted by Gasteiger charge is -2.12. The average molecular weight is 385 g/mol. The van der Waals surface area contributed by atoms with Gasteiger partial charge in [0, 0.05) is 17.3 Å². The van der Waals surface area contributed by atoms with Gasteiger partial charge in [-0.1, -0.05) is 42.5 Å². The molecule has 144 valence electrons. The van der Waals surface area contributed by atoms with Crippen molar-refractivity contribution < 1.29 is 9.21 Å². The highest BCUT2D eigenvalue weighted by atomic mass is 16.3. The molecule has 2 aromatic heterocycles. The van der Waals surface area contributed by atoms with Gasteiger partial charge in [-0.05, 0) is 53.6 Å². The highest BCUT2D eigenvalue weighted by molar-refractivity contribution is 6.24. The van der Waals surface area contributed by atoms with Gasteiger partial charge in [-0.15, -0.1) is 5.10 Å². The van der Waals surface area contributed by atoms with E-state index in [2.05, 4.69) is 20.8 Å². The smallest absolute Gasteiger partial charge is 0.274 e. The molecule has 7 nitrogen and oxygen atoms in total. The summed E-state index contributed by atoms with van der Waals surface area (Å²) in [6.45, 7) is 3.92. The number of hydrogen-bond donors (Lipinski definition) is 1. The van der Waals surface area contributed by atoms with Crippen molar-refractivity contribution >= 4 is 23.4 Å². The summed E-state index contributed by atoms with van der Waals surface area (Å²) in [7, 11) is 0. The number of anilines is 1. The molecule has 0 aliphatic rings. The van der Waals surface area contributed by atoms with E-state index < -0.39 is 0 Å². The van der Waals surface area contributed by atoms with Gasteiger partial charge in [-0.3, -0.25) is 4.79 Å². The molecule has 2 aromatic carbocycles. The predicted molar refractivity (Wildman–Crippen MR) is 111 cm³/mol. The summed E-state index contributed by atoms with van der Waals surface area (Å²) < 4.78 is 6.83. The first-order valence-corrected chi connectivity index (χ1v) is 9.10. The number of carbonyl (C=O) groups excluding carboxylic acids is 1. The minimum atomic E-state index is -0.348. The second kappa shape index (κ2) is 7.93. The van der Waals surface area contributed by atoms with Gasteiger partial charge in [0.05, 0.1) is 6.26 Å². The summed E-state index contributed by atoms with van der Waals surface area (Å²) in [5.41, 5.74) is 3.78. The van der Waals surface area contributed by atoms with E-state index in [0.717, 1.165) is 22.4 Å². The van der Waals surface area contributed by atoms with Crippen LogP contribution in [0.3, 0.4) is 0 Å². The van der Waals surface area contributed by atoms with Crippen LogP contribution in [0.25, 0.3) is 23.2 Å². The van der Waals surface area contributed by atoms with Gasteiger partial charge in [0.1, 0.15) is 11.5 Å². The number of carbonyl (C=O) groups is 1. The van der Waals surface area contributed by atoms with Crippen LogP contribution in [-0.2, 0) is 4.79 Å². The Morgan fingerprint density at radius 3 is 2.66 bits per heavy atom. The Balaban J connectivity index is 1.77. The molecule has 0 atom stereocenters. The summed E-state index contributed by atoms with van der Waals surface area (Å²) in [6.07, 6.45) is 3.16. The number of nitrogens with zero attached hydrogens (tertiary/aromatic N) is 4. The van der Waals surface area contributed by atoms with Gasteiger partial charge in [0.2, 0.25) is 0 Å². The Morgan fingerprint density at radius 2 is 1.90 bits per heavy atom. The molecule has 0 fully saturated rings. The molecule has 1 N–H and O–H groups in total. The molecule has 0 bridgehead atoms. The zero-order valence-corrected chi connectivity index (χ0v) is 16.0. The van der Waals surface area contributed by atoms with Crippen LogP contribution in [0.5, 0.6) is 0 Å². The second-order valence-electron chi connectivity index (χ2n) is 6.60. The molecule has 0 aliphatic heterocycles. The van der Waals surface area contributed by atoms with Crippen LogP contribution in [0.4, 0.5) is 5.69 Å². The fourth-order valence-electron chi connectivity index (χ4n) is 2.90. The van der Waals surface area contributed by atoms with Crippen LogP contribution < -0.4 is 5.32 Å². The maximum absolute atomic E-state index is 13.2. The highest BCUT2D eigenvalue weighted by Gasteiger charge is 2.20. The molecule has 4 rings (SSSR count). The molecule has 0 aliphatic carbocycles. The standard InChI is InChI=1S/C22H19N5O2/c1-15-10-11-16(2)19(13-15)23-22(28)20(14-18-9-6-12-29-18)27-21(24-25-26-27)17-7-4-3-5-8-17/h3-14H,1-2H3,(H,23,28). The number of tetrazole rings is 1. The Bertz CT molecular complexity index is 1160. The fourth-order valence-corrected chi connectivity index (χ4v) is 2.90. The van der Waals surface area contributed by atoms with Crippen molar-refractivity contribution in [2.45, 2.75) is 13.8 Å². The first-order valence-electron chi connectivity index (χ1n) is 9.10. The predicted octanol–water partition coefficient (Wildman–Crippen LogP) is 4.19. The number of aryl methyl sites for hydroxylation is 2. The molecule has 0 unspecified atom stereocenters. The molecule has 0 saturated heterocycles. The van der Waals surface area contributed by atoms with E-state index in [-0.39, 0.29) is 11.6 Å². The van der Waals surface area contributed by atoms with Crippen molar-refractivity contribution in [2.75, 3.05) is 5.32 Å². The lowest BCUT2D eigenvalue weighted by molar-refractivity contribution is -0.111. The maximum Gasteiger partial charge on any atom is 0.274 e. The number of nitrogens with one attached hydrogen (secondary N) is 1. The van der Waals surface area contributed by atoms with Crippen molar-refractivity contribution in [3.05, 3.63) is 83.8 Å². The van der Waals surface area contributed by atoms with E-state index in [1.165, 1.54) is 4.68 Å². The Labute approximate surface area is 167 Å². The largest absolute Gasteiger partial charge is 0.465 e. The number of furan rings is 1. The third-order valence-corrected chi connectivity index (χ3v) is 4.43. The van der Waals surface area contributed by atoms with Crippen molar-refractivity contribution in [3.8, 4) is 11.4 Å². The van der Waals surface area contributed by atoms with Crippen LogP contribution in [0.1, 0.15) is 16.9 Å². The van der Waals surface area contributed by atoms with E-state index in [0.29, 0.717) is 11.6 Å². The fraction of sp³-hybridized carbons (Fsp3) is 0.0909. The summed E-state index contributed by atoms with van der Waals surface area (Å²) >= 11 is 0. The van der Waals surface area contributed by atoms with Crippen LogP contribution in [0, 0.1) is 13.8 Å². The quantitative estimate of drug-likeness (QED) is 0.521. The van der Waals surface area contributed by atoms with Crippen molar-refractivity contribution in [1.82, 2.24) is 20.2 Å². The molecular formula is C22H19N5O2. The van der Waals surface area contributed by atoms with Crippen molar-refractivity contribution in [3.63, 3.8) is 0 Å². The molecule has 4 aromatic rings. The third-order valence-electron chi connectivity index (χ3n) is 4.43. The Hall–Kier alpha value is -4.00. The number of rotatable bonds is 5. The minimum absolute atomic E-state index is 0.240. The molecular weight excluding hydrogens is 366 g/mol. The molecule has 1 amide bonds.